The lowest BCUT2D eigenvalue weighted by Crippen LogP contribution is -2.56. The summed E-state index contributed by atoms with van der Waals surface area (Å²) in [5.74, 6) is 0.595. The summed E-state index contributed by atoms with van der Waals surface area (Å²) in [7, 11) is 0. The summed E-state index contributed by atoms with van der Waals surface area (Å²) < 4.78 is 0. The fraction of sp³-hybridized carbons (Fsp3) is 0.714. The summed E-state index contributed by atoms with van der Waals surface area (Å²) in [6, 6.07) is 0. The molecule has 2 N–H and O–H groups in total. The molecule has 25 heavy (non-hydrogen) atoms. The van der Waals surface area contributed by atoms with Crippen LogP contribution in [0, 0.1) is 28.6 Å². The maximum Gasteiger partial charge on any atom is 0.219 e. The van der Waals surface area contributed by atoms with E-state index in [0.717, 1.165) is 37.7 Å². The standard InChI is InChI=1S/C21H28O4/c1-12(22)21(25)9-7-16-14-5-4-13-10-17(23)18(24)11-19(13,2)15(14)6-8-20(16,21)3/h10-11,14-16,24-25H,4-9H2,1-3H3/t14-,15+,16+,19+,20+,21+/m1/s1. The molecule has 0 aliphatic heterocycles. The number of hydrogen-bond acceptors (Lipinski definition) is 4. The van der Waals surface area contributed by atoms with Crippen molar-refractivity contribution in [1.82, 2.24) is 0 Å². The number of carbonyl (C=O) groups is 2. The summed E-state index contributed by atoms with van der Waals surface area (Å²) >= 11 is 0. The fourth-order valence-corrected chi connectivity index (χ4v) is 6.87. The monoisotopic (exact) mass is 344 g/mol. The lowest BCUT2D eigenvalue weighted by atomic mass is 9.47. The molecule has 3 fully saturated rings. The molecule has 0 bridgehead atoms. The zero-order valence-electron chi connectivity index (χ0n) is 15.3. The van der Waals surface area contributed by atoms with E-state index in [1.165, 1.54) is 6.92 Å². The average molecular weight is 344 g/mol. The molecule has 4 heteroatoms. The predicted molar refractivity (Wildman–Crippen MR) is 93.8 cm³/mol. The molecule has 4 aliphatic carbocycles. The minimum Gasteiger partial charge on any atom is -0.504 e. The van der Waals surface area contributed by atoms with Crippen LogP contribution < -0.4 is 0 Å². The summed E-state index contributed by atoms with van der Waals surface area (Å²) in [5.41, 5.74) is -0.687. The molecule has 0 heterocycles. The lowest BCUT2D eigenvalue weighted by molar-refractivity contribution is -0.158. The van der Waals surface area contributed by atoms with Crippen molar-refractivity contribution >= 4 is 11.6 Å². The molecule has 0 aromatic heterocycles. The van der Waals surface area contributed by atoms with Gasteiger partial charge in [-0.2, -0.15) is 0 Å². The Hall–Kier alpha value is -1.42. The van der Waals surface area contributed by atoms with E-state index >= 15 is 0 Å². The van der Waals surface area contributed by atoms with E-state index in [2.05, 4.69) is 13.8 Å². The quantitative estimate of drug-likeness (QED) is 0.763. The number of Topliss-reactive ketones (excluding diaryl/α,β-unsaturated/α-hetero) is 1. The third kappa shape index (κ3) is 1.98. The number of ketones is 2. The van der Waals surface area contributed by atoms with Crippen molar-refractivity contribution in [1.29, 1.82) is 0 Å². The first-order valence-corrected chi connectivity index (χ1v) is 9.54. The molecule has 0 amide bonds. The fourth-order valence-electron chi connectivity index (χ4n) is 6.87. The third-order valence-electron chi connectivity index (χ3n) is 8.37. The van der Waals surface area contributed by atoms with Gasteiger partial charge in [-0.1, -0.05) is 19.4 Å². The predicted octanol–water partition coefficient (Wildman–Crippen LogP) is 3.50. The Morgan fingerprint density at radius 2 is 1.84 bits per heavy atom. The highest BCUT2D eigenvalue weighted by Gasteiger charge is 2.65. The molecular formula is C21H28O4. The van der Waals surface area contributed by atoms with Crippen molar-refractivity contribution in [2.75, 3.05) is 0 Å². The molecule has 6 atom stereocenters. The van der Waals surface area contributed by atoms with Crippen molar-refractivity contribution in [3.63, 3.8) is 0 Å². The minimum absolute atomic E-state index is 0.0978. The molecule has 3 saturated carbocycles. The maximum atomic E-state index is 12.2. The van der Waals surface area contributed by atoms with Crippen LogP contribution >= 0.6 is 0 Å². The van der Waals surface area contributed by atoms with Gasteiger partial charge in [-0.3, -0.25) is 9.59 Å². The van der Waals surface area contributed by atoms with Crippen molar-refractivity contribution in [2.45, 2.75) is 64.9 Å². The molecule has 0 radical (unpaired) electrons. The first-order chi connectivity index (χ1) is 11.6. The van der Waals surface area contributed by atoms with Crippen LogP contribution in [0.3, 0.4) is 0 Å². The van der Waals surface area contributed by atoms with Crippen LogP contribution in [0.5, 0.6) is 0 Å². The van der Waals surface area contributed by atoms with Gasteiger partial charge in [-0.05, 0) is 75.4 Å². The second kappa shape index (κ2) is 5.06. The summed E-state index contributed by atoms with van der Waals surface area (Å²) in [6.45, 7) is 5.77. The molecule has 4 nitrogen and oxygen atoms in total. The Labute approximate surface area is 149 Å². The molecule has 136 valence electrons. The van der Waals surface area contributed by atoms with Gasteiger partial charge in [0.05, 0.1) is 0 Å². The van der Waals surface area contributed by atoms with Gasteiger partial charge in [0.1, 0.15) is 5.60 Å². The van der Waals surface area contributed by atoms with Gasteiger partial charge in [0.2, 0.25) is 5.78 Å². The lowest BCUT2D eigenvalue weighted by Gasteiger charge is -2.57. The van der Waals surface area contributed by atoms with E-state index in [4.69, 9.17) is 0 Å². The van der Waals surface area contributed by atoms with Gasteiger partial charge in [0, 0.05) is 10.8 Å². The van der Waals surface area contributed by atoms with Gasteiger partial charge in [0.25, 0.3) is 0 Å². The maximum absolute atomic E-state index is 12.2. The van der Waals surface area contributed by atoms with Crippen molar-refractivity contribution in [3.05, 3.63) is 23.5 Å². The van der Waals surface area contributed by atoms with Crippen LogP contribution in [-0.4, -0.2) is 27.4 Å². The van der Waals surface area contributed by atoms with E-state index in [9.17, 15) is 19.8 Å². The Morgan fingerprint density at radius 3 is 2.52 bits per heavy atom. The normalized spacial score (nSPS) is 48.8. The number of fused-ring (bicyclic) bond motifs is 5. The van der Waals surface area contributed by atoms with Crippen LogP contribution in [0.25, 0.3) is 0 Å². The highest BCUT2D eigenvalue weighted by Crippen LogP contribution is 2.67. The molecule has 0 saturated heterocycles. The molecular weight excluding hydrogens is 316 g/mol. The largest absolute Gasteiger partial charge is 0.504 e. The highest BCUT2D eigenvalue weighted by molar-refractivity contribution is 6.04. The average Bonchev–Trinajstić information content (AvgIpc) is 2.82. The first kappa shape index (κ1) is 17.0. The second-order valence-electron chi connectivity index (χ2n) is 9.17. The van der Waals surface area contributed by atoms with E-state index in [1.807, 2.05) is 0 Å². The van der Waals surface area contributed by atoms with Crippen LogP contribution in [0.2, 0.25) is 0 Å². The summed E-state index contributed by atoms with van der Waals surface area (Å²) in [5, 5.41) is 21.2. The van der Waals surface area contributed by atoms with Gasteiger partial charge in [-0.15, -0.1) is 0 Å². The SMILES string of the molecule is CC(=O)[C@@]1(O)CC[C@H]2[C@@H]3CCC4=CC(=O)C(O)=C[C@]4(C)[C@H]3CC[C@@]21C. The number of allylic oxidation sites excluding steroid dienone is 3. The van der Waals surface area contributed by atoms with Crippen LogP contribution in [-0.2, 0) is 9.59 Å². The molecule has 0 aromatic carbocycles. The van der Waals surface area contributed by atoms with E-state index < -0.39 is 5.60 Å². The van der Waals surface area contributed by atoms with Crippen LogP contribution in [0.4, 0.5) is 0 Å². The minimum atomic E-state index is -1.19. The van der Waals surface area contributed by atoms with Gasteiger partial charge in [0.15, 0.2) is 11.5 Å². The second-order valence-corrected chi connectivity index (χ2v) is 9.17. The summed E-state index contributed by atoms with van der Waals surface area (Å²) in [6.07, 6.45) is 8.46. The molecule has 0 unspecified atom stereocenters. The van der Waals surface area contributed by atoms with E-state index in [1.54, 1.807) is 12.2 Å². The number of aliphatic hydroxyl groups excluding tert-OH is 1. The number of carbonyl (C=O) groups excluding carboxylic acids is 2. The van der Waals surface area contributed by atoms with Gasteiger partial charge >= 0.3 is 0 Å². The van der Waals surface area contributed by atoms with Gasteiger partial charge < -0.3 is 10.2 Å². The van der Waals surface area contributed by atoms with Crippen molar-refractivity contribution in [3.8, 4) is 0 Å². The summed E-state index contributed by atoms with van der Waals surface area (Å²) in [4.78, 5) is 24.1. The van der Waals surface area contributed by atoms with Crippen molar-refractivity contribution < 1.29 is 19.8 Å². The van der Waals surface area contributed by atoms with Crippen LogP contribution in [0.1, 0.15) is 59.3 Å². The Balaban J connectivity index is 1.73. The number of aliphatic hydroxyl groups is 2. The Kier molecular flexibility index (Phi) is 3.45. The number of hydrogen-bond donors (Lipinski definition) is 2. The molecule has 4 aliphatic rings. The molecule has 0 spiro atoms. The molecule has 0 aromatic rings. The van der Waals surface area contributed by atoms with Crippen molar-refractivity contribution in [2.24, 2.45) is 28.6 Å². The Morgan fingerprint density at radius 1 is 1.16 bits per heavy atom. The smallest absolute Gasteiger partial charge is 0.219 e. The molecule has 4 rings (SSSR count). The highest BCUT2D eigenvalue weighted by atomic mass is 16.3. The topological polar surface area (TPSA) is 74.6 Å². The van der Waals surface area contributed by atoms with Gasteiger partial charge in [-0.25, -0.2) is 0 Å². The van der Waals surface area contributed by atoms with Crippen LogP contribution in [0.15, 0.2) is 23.5 Å². The Bertz CT molecular complexity index is 719. The van der Waals surface area contributed by atoms with E-state index in [0.29, 0.717) is 24.2 Å². The first-order valence-electron chi connectivity index (χ1n) is 9.54. The van der Waals surface area contributed by atoms with E-state index in [-0.39, 0.29) is 28.2 Å². The zero-order valence-corrected chi connectivity index (χ0v) is 15.3. The number of rotatable bonds is 1. The zero-order chi connectivity index (χ0) is 18.2. The third-order valence-corrected chi connectivity index (χ3v) is 8.37.